The summed E-state index contributed by atoms with van der Waals surface area (Å²) in [6.07, 6.45) is 0. The van der Waals surface area contributed by atoms with E-state index in [0.717, 1.165) is 6.07 Å². The van der Waals surface area contributed by atoms with Crippen LogP contribution in [0.5, 0.6) is 0 Å². The van der Waals surface area contributed by atoms with Crippen LogP contribution >= 0.6 is 11.6 Å². The maximum absolute atomic E-state index is 13.4. The highest BCUT2D eigenvalue weighted by Crippen LogP contribution is 2.19. The summed E-state index contributed by atoms with van der Waals surface area (Å²) < 4.78 is 13.4. The Morgan fingerprint density at radius 1 is 1.20 bits per heavy atom. The molecule has 0 aliphatic rings. The number of benzene rings is 1. The van der Waals surface area contributed by atoms with Crippen molar-refractivity contribution in [3.8, 4) is 0 Å². The summed E-state index contributed by atoms with van der Waals surface area (Å²) in [5, 5.41) is 18.3. The van der Waals surface area contributed by atoms with Gasteiger partial charge in [0.25, 0.3) is 5.91 Å². The molecule has 0 bridgehead atoms. The number of aromatic carboxylic acids is 1. The summed E-state index contributed by atoms with van der Waals surface area (Å²) in [5.41, 5.74) is -0.864. The lowest BCUT2D eigenvalue weighted by Crippen LogP contribution is -2.17. The summed E-state index contributed by atoms with van der Waals surface area (Å²) >= 11 is 5.53. The molecule has 0 radical (unpaired) electrons. The number of carboxylic acid groups (broad SMARTS) is 1. The topological polar surface area (TPSA) is 92.2 Å². The first kappa shape index (κ1) is 13.9. The van der Waals surface area contributed by atoms with Crippen LogP contribution < -0.4 is 5.32 Å². The minimum atomic E-state index is -1.49. The molecule has 8 heteroatoms. The van der Waals surface area contributed by atoms with E-state index < -0.39 is 23.3 Å². The Kier molecular flexibility index (Phi) is 3.90. The lowest BCUT2D eigenvalue weighted by molar-refractivity contribution is 0.0693. The molecule has 1 aromatic heterocycles. The Bertz CT molecular complexity index is 676. The van der Waals surface area contributed by atoms with Crippen molar-refractivity contribution in [3.05, 3.63) is 52.6 Å². The number of carbonyl (C=O) groups excluding carboxylic acids is 1. The SMILES string of the molecule is O=C(Nc1cccc(F)c1C(=O)O)c1ccc(Cl)nn1. The number of hydrogen-bond acceptors (Lipinski definition) is 4. The molecule has 0 spiro atoms. The van der Waals surface area contributed by atoms with E-state index in [4.69, 9.17) is 16.7 Å². The molecule has 0 fully saturated rings. The van der Waals surface area contributed by atoms with Gasteiger partial charge >= 0.3 is 5.97 Å². The van der Waals surface area contributed by atoms with Gasteiger partial charge in [-0.25, -0.2) is 9.18 Å². The van der Waals surface area contributed by atoms with Gasteiger partial charge in [-0.1, -0.05) is 17.7 Å². The monoisotopic (exact) mass is 295 g/mol. The van der Waals surface area contributed by atoms with Crippen molar-refractivity contribution in [3.63, 3.8) is 0 Å². The normalized spacial score (nSPS) is 10.1. The Labute approximate surface area is 117 Å². The third-order valence-electron chi connectivity index (χ3n) is 2.34. The average Bonchev–Trinajstić information content (AvgIpc) is 2.39. The first-order valence-corrected chi connectivity index (χ1v) is 5.69. The standard InChI is InChI=1S/C12H7ClFN3O3/c13-9-5-4-8(16-17-9)11(18)15-7-3-1-2-6(14)10(7)12(19)20/h1-5H,(H,15,18)(H,19,20). The van der Waals surface area contributed by atoms with E-state index in [0.29, 0.717) is 0 Å². The molecule has 0 saturated heterocycles. The molecular formula is C12H7ClFN3O3. The van der Waals surface area contributed by atoms with Gasteiger partial charge in [0.2, 0.25) is 0 Å². The number of anilines is 1. The Morgan fingerprint density at radius 2 is 1.95 bits per heavy atom. The third kappa shape index (κ3) is 2.89. The predicted molar refractivity (Wildman–Crippen MR) is 68.4 cm³/mol. The highest BCUT2D eigenvalue weighted by molar-refractivity contribution is 6.29. The van der Waals surface area contributed by atoms with E-state index in [1.165, 1.54) is 24.3 Å². The number of hydrogen-bond donors (Lipinski definition) is 2. The number of halogens is 2. The van der Waals surface area contributed by atoms with Crippen molar-refractivity contribution >= 4 is 29.2 Å². The van der Waals surface area contributed by atoms with Crippen molar-refractivity contribution in [2.24, 2.45) is 0 Å². The fraction of sp³-hybridized carbons (Fsp3) is 0. The molecular weight excluding hydrogens is 289 g/mol. The molecule has 1 amide bonds. The van der Waals surface area contributed by atoms with E-state index in [1.54, 1.807) is 0 Å². The molecule has 0 aliphatic carbocycles. The van der Waals surface area contributed by atoms with Gasteiger partial charge in [-0.15, -0.1) is 10.2 Å². The number of amides is 1. The quantitative estimate of drug-likeness (QED) is 0.906. The summed E-state index contributed by atoms with van der Waals surface area (Å²) in [6, 6.07) is 6.21. The van der Waals surface area contributed by atoms with Crippen LogP contribution in [0.15, 0.2) is 30.3 Å². The van der Waals surface area contributed by atoms with E-state index in [9.17, 15) is 14.0 Å². The number of carbonyl (C=O) groups is 2. The molecule has 0 atom stereocenters. The second-order valence-corrected chi connectivity index (χ2v) is 4.05. The van der Waals surface area contributed by atoms with Crippen LogP contribution in [0.3, 0.4) is 0 Å². The third-order valence-corrected chi connectivity index (χ3v) is 2.54. The van der Waals surface area contributed by atoms with Gasteiger partial charge in [-0.3, -0.25) is 4.79 Å². The van der Waals surface area contributed by atoms with Crippen LogP contribution in [0, 0.1) is 5.82 Å². The van der Waals surface area contributed by atoms with Crippen molar-refractivity contribution < 1.29 is 19.1 Å². The predicted octanol–water partition coefficient (Wildman–Crippen LogP) is 2.22. The Balaban J connectivity index is 2.30. The van der Waals surface area contributed by atoms with E-state index in [2.05, 4.69) is 15.5 Å². The smallest absolute Gasteiger partial charge is 0.340 e. The van der Waals surface area contributed by atoms with Gasteiger partial charge in [0, 0.05) is 0 Å². The molecule has 0 saturated carbocycles. The van der Waals surface area contributed by atoms with E-state index in [-0.39, 0.29) is 16.5 Å². The van der Waals surface area contributed by atoms with Crippen LogP contribution in [-0.4, -0.2) is 27.2 Å². The first-order valence-electron chi connectivity index (χ1n) is 5.31. The summed E-state index contributed by atoms with van der Waals surface area (Å²) in [6.45, 7) is 0. The maximum Gasteiger partial charge on any atom is 0.340 e. The molecule has 1 heterocycles. The van der Waals surface area contributed by atoms with Gasteiger partial charge in [0.05, 0.1) is 5.69 Å². The largest absolute Gasteiger partial charge is 0.478 e. The number of nitrogens with one attached hydrogen (secondary N) is 1. The Hall–Kier alpha value is -2.54. The molecule has 2 aromatic rings. The van der Waals surface area contributed by atoms with Gasteiger partial charge in [0.15, 0.2) is 10.8 Å². The average molecular weight is 296 g/mol. The van der Waals surface area contributed by atoms with Gasteiger partial charge in [-0.05, 0) is 24.3 Å². The number of rotatable bonds is 3. The van der Waals surface area contributed by atoms with Crippen LogP contribution in [-0.2, 0) is 0 Å². The molecule has 6 nitrogen and oxygen atoms in total. The van der Waals surface area contributed by atoms with Crippen LogP contribution in [0.2, 0.25) is 5.15 Å². The highest BCUT2D eigenvalue weighted by atomic mass is 35.5. The van der Waals surface area contributed by atoms with Crippen molar-refractivity contribution in [2.75, 3.05) is 5.32 Å². The molecule has 20 heavy (non-hydrogen) atoms. The fourth-order valence-corrected chi connectivity index (χ4v) is 1.57. The fourth-order valence-electron chi connectivity index (χ4n) is 1.47. The molecule has 2 rings (SSSR count). The maximum atomic E-state index is 13.4. The summed E-state index contributed by atoms with van der Waals surface area (Å²) in [5.74, 6) is -3.15. The molecule has 2 N–H and O–H groups in total. The second kappa shape index (κ2) is 5.62. The summed E-state index contributed by atoms with van der Waals surface area (Å²) in [4.78, 5) is 22.8. The lowest BCUT2D eigenvalue weighted by atomic mass is 10.1. The number of carboxylic acids is 1. The zero-order valence-corrected chi connectivity index (χ0v) is 10.6. The zero-order valence-electron chi connectivity index (χ0n) is 9.80. The molecule has 0 unspecified atom stereocenters. The first-order chi connectivity index (χ1) is 9.49. The molecule has 1 aromatic carbocycles. The zero-order chi connectivity index (χ0) is 14.7. The van der Waals surface area contributed by atoms with Crippen molar-refractivity contribution in [2.45, 2.75) is 0 Å². The minimum absolute atomic E-state index is 0.0741. The number of aromatic nitrogens is 2. The lowest BCUT2D eigenvalue weighted by Gasteiger charge is -2.08. The van der Waals surface area contributed by atoms with Gasteiger partial charge in [-0.2, -0.15) is 0 Å². The van der Waals surface area contributed by atoms with Crippen LogP contribution in [0.1, 0.15) is 20.8 Å². The summed E-state index contributed by atoms with van der Waals surface area (Å²) in [7, 11) is 0. The second-order valence-electron chi connectivity index (χ2n) is 3.66. The van der Waals surface area contributed by atoms with Crippen LogP contribution in [0.25, 0.3) is 0 Å². The number of nitrogens with zero attached hydrogens (tertiary/aromatic N) is 2. The highest BCUT2D eigenvalue weighted by Gasteiger charge is 2.18. The van der Waals surface area contributed by atoms with Crippen LogP contribution in [0.4, 0.5) is 10.1 Å². The molecule has 0 aliphatic heterocycles. The Morgan fingerprint density at radius 3 is 2.55 bits per heavy atom. The van der Waals surface area contributed by atoms with Gasteiger partial charge in [0.1, 0.15) is 11.4 Å². The molecule has 102 valence electrons. The minimum Gasteiger partial charge on any atom is -0.478 e. The van der Waals surface area contributed by atoms with Gasteiger partial charge < -0.3 is 10.4 Å². The van der Waals surface area contributed by atoms with Crippen molar-refractivity contribution in [1.29, 1.82) is 0 Å². The van der Waals surface area contributed by atoms with E-state index in [1.807, 2.05) is 0 Å². The van der Waals surface area contributed by atoms with E-state index >= 15 is 0 Å². The van der Waals surface area contributed by atoms with Crippen molar-refractivity contribution in [1.82, 2.24) is 10.2 Å².